The van der Waals surface area contributed by atoms with Crippen LogP contribution in [0.4, 0.5) is 0 Å². The van der Waals surface area contributed by atoms with Gasteiger partial charge in [0.1, 0.15) is 0 Å². The van der Waals surface area contributed by atoms with E-state index in [2.05, 4.69) is 36.4 Å². The van der Waals surface area contributed by atoms with Crippen molar-refractivity contribution in [3.05, 3.63) is 0 Å². The van der Waals surface area contributed by atoms with Crippen LogP contribution in [0.1, 0.15) is 33.1 Å². The average molecular weight is 241 g/mol. The van der Waals surface area contributed by atoms with E-state index in [4.69, 9.17) is 0 Å². The molecule has 1 amide bonds. The first-order valence-electron chi connectivity index (χ1n) is 6.72. The first-order valence-corrected chi connectivity index (χ1v) is 6.72. The molecule has 0 aromatic rings. The predicted octanol–water partition coefficient (Wildman–Crippen LogP) is 0.834. The van der Waals surface area contributed by atoms with Crippen LogP contribution in [0.2, 0.25) is 0 Å². The van der Waals surface area contributed by atoms with E-state index in [1.54, 1.807) is 0 Å². The van der Waals surface area contributed by atoms with Gasteiger partial charge in [-0.15, -0.1) is 0 Å². The normalized spacial score (nSPS) is 20.2. The van der Waals surface area contributed by atoms with Gasteiger partial charge in [0, 0.05) is 13.1 Å². The second-order valence-corrected chi connectivity index (χ2v) is 5.57. The summed E-state index contributed by atoms with van der Waals surface area (Å²) in [5, 5.41) is 6.17. The quantitative estimate of drug-likeness (QED) is 0.724. The average Bonchev–Trinajstić information content (AvgIpc) is 2.31. The third kappa shape index (κ3) is 5.50. The Balaban J connectivity index is 2.15. The SMILES string of the molecule is CCCNC(=O)CNCC1(C)CCN(C)CC1. The summed E-state index contributed by atoms with van der Waals surface area (Å²) < 4.78 is 0. The summed E-state index contributed by atoms with van der Waals surface area (Å²) in [6.07, 6.45) is 3.43. The van der Waals surface area contributed by atoms with Gasteiger partial charge in [-0.25, -0.2) is 0 Å². The Bertz CT molecular complexity index is 235. The van der Waals surface area contributed by atoms with Crippen molar-refractivity contribution in [2.75, 3.05) is 39.8 Å². The number of piperidine rings is 1. The number of likely N-dealkylation sites (tertiary alicyclic amines) is 1. The van der Waals surface area contributed by atoms with Crippen LogP contribution in [0.25, 0.3) is 0 Å². The molecule has 0 aromatic carbocycles. The van der Waals surface area contributed by atoms with Gasteiger partial charge in [0.2, 0.25) is 5.91 Å². The molecule has 1 saturated heterocycles. The summed E-state index contributed by atoms with van der Waals surface area (Å²) >= 11 is 0. The number of carbonyl (C=O) groups is 1. The minimum absolute atomic E-state index is 0.114. The van der Waals surface area contributed by atoms with E-state index in [1.165, 1.54) is 25.9 Å². The molecule has 100 valence electrons. The van der Waals surface area contributed by atoms with Crippen molar-refractivity contribution >= 4 is 5.91 Å². The largest absolute Gasteiger partial charge is 0.355 e. The van der Waals surface area contributed by atoms with E-state index in [-0.39, 0.29) is 5.91 Å². The molecule has 0 unspecified atom stereocenters. The van der Waals surface area contributed by atoms with Gasteiger partial charge in [0.15, 0.2) is 0 Å². The lowest BCUT2D eigenvalue weighted by molar-refractivity contribution is -0.120. The molecule has 0 bridgehead atoms. The Hall–Kier alpha value is -0.610. The number of rotatable bonds is 6. The summed E-state index contributed by atoms with van der Waals surface area (Å²) in [7, 11) is 2.17. The van der Waals surface area contributed by atoms with Crippen molar-refractivity contribution in [1.29, 1.82) is 0 Å². The topological polar surface area (TPSA) is 44.4 Å². The second-order valence-electron chi connectivity index (χ2n) is 5.57. The van der Waals surface area contributed by atoms with Crippen molar-refractivity contribution < 1.29 is 4.79 Å². The fourth-order valence-electron chi connectivity index (χ4n) is 2.14. The van der Waals surface area contributed by atoms with E-state index < -0.39 is 0 Å². The fraction of sp³-hybridized carbons (Fsp3) is 0.923. The number of carbonyl (C=O) groups excluding carboxylic acids is 1. The van der Waals surface area contributed by atoms with Crippen molar-refractivity contribution in [2.45, 2.75) is 33.1 Å². The van der Waals surface area contributed by atoms with Crippen LogP contribution in [-0.4, -0.2) is 50.6 Å². The molecule has 4 nitrogen and oxygen atoms in total. The van der Waals surface area contributed by atoms with Gasteiger partial charge >= 0.3 is 0 Å². The maximum absolute atomic E-state index is 11.4. The predicted molar refractivity (Wildman–Crippen MR) is 71.0 cm³/mol. The van der Waals surface area contributed by atoms with Crippen LogP contribution in [0.5, 0.6) is 0 Å². The highest BCUT2D eigenvalue weighted by Gasteiger charge is 2.28. The minimum atomic E-state index is 0.114. The Labute approximate surface area is 105 Å². The molecule has 2 N–H and O–H groups in total. The number of nitrogens with zero attached hydrogens (tertiary/aromatic N) is 1. The molecule has 1 fully saturated rings. The summed E-state index contributed by atoms with van der Waals surface area (Å²) in [6.45, 7) is 8.89. The molecule has 0 saturated carbocycles. The summed E-state index contributed by atoms with van der Waals surface area (Å²) in [5.74, 6) is 0.114. The lowest BCUT2D eigenvalue weighted by Gasteiger charge is -2.38. The molecule has 1 aliphatic heterocycles. The third-order valence-electron chi connectivity index (χ3n) is 3.60. The highest BCUT2D eigenvalue weighted by Crippen LogP contribution is 2.29. The van der Waals surface area contributed by atoms with Gasteiger partial charge in [-0.3, -0.25) is 4.79 Å². The van der Waals surface area contributed by atoms with Crippen molar-refractivity contribution in [3.63, 3.8) is 0 Å². The second kappa shape index (κ2) is 6.97. The van der Waals surface area contributed by atoms with Crippen molar-refractivity contribution in [1.82, 2.24) is 15.5 Å². The van der Waals surface area contributed by atoms with Gasteiger partial charge in [-0.2, -0.15) is 0 Å². The highest BCUT2D eigenvalue weighted by molar-refractivity contribution is 5.77. The maximum atomic E-state index is 11.4. The maximum Gasteiger partial charge on any atom is 0.233 e. The molecule has 0 radical (unpaired) electrons. The van der Waals surface area contributed by atoms with Gasteiger partial charge in [0.05, 0.1) is 6.54 Å². The monoisotopic (exact) mass is 241 g/mol. The Morgan fingerprint density at radius 1 is 1.35 bits per heavy atom. The van der Waals surface area contributed by atoms with Gasteiger partial charge in [-0.1, -0.05) is 13.8 Å². The van der Waals surface area contributed by atoms with E-state index in [0.29, 0.717) is 12.0 Å². The molecule has 0 spiro atoms. The van der Waals surface area contributed by atoms with Crippen molar-refractivity contribution in [2.24, 2.45) is 5.41 Å². The van der Waals surface area contributed by atoms with Gasteiger partial charge in [0.25, 0.3) is 0 Å². The van der Waals surface area contributed by atoms with E-state index in [9.17, 15) is 4.79 Å². The Morgan fingerprint density at radius 2 is 2.00 bits per heavy atom. The lowest BCUT2D eigenvalue weighted by atomic mass is 9.80. The third-order valence-corrected chi connectivity index (χ3v) is 3.60. The van der Waals surface area contributed by atoms with Crippen LogP contribution in [0.3, 0.4) is 0 Å². The molecule has 1 heterocycles. The molecule has 0 aromatic heterocycles. The molecule has 1 aliphatic rings. The number of nitrogens with one attached hydrogen (secondary N) is 2. The highest BCUT2D eigenvalue weighted by atomic mass is 16.1. The van der Waals surface area contributed by atoms with Gasteiger partial charge in [-0.05, 0) is 44.8 Å². The zero-order valence-electron chi connectivity index (χ0n) is 11.5. The van der Waals surface area contributed by atoms with Crippen molar-refractivity contribution in [3.8, 4) is 0 Å². The number of amides is 1. The molecule has 0 aliphatic carbocycles. The van der Waals surface area contributed by atoms with E-state index >= 15 is 0 Å². The number of hydrogen-bond donors (Lipinski definition) is 2. The van der Waals surface area contributed by atoms with Gasteiger partial charge < -0.3 is 15.5 Å². The molecule has 17 heavy (non-hydrogen) atoms. The fourth-order valence-corrected chi connectivity index (χ4v) is 2.14. The summed E-state index contributed by atoms with van der Waals surface area (Å²) in [5.41, 5.74) is 0.359. The minimum Gasteiger partial charge on any atom is -0.355 e. The summed E-state index contributed by atoms with van der Waals surface area (Å²) in [6, 6.07) is 0. The van der Waals surface area contributed by atoms with Crippen LogP contribution in [-0.2, 0) is 4.79 Å². The smallest absolute Gasteiger partial charge is 0.233 e. The van der Waals surface area contributed by atoms with E-state index in [0.717, 1.165) is 19.5 Å². The van der Waals surface area contributed by atoms with Crippen LogP contribution >= 0.6 is 0 Å². The Kier molecular flexibility index (Phi) is 5.92. The zero-order chi connectivity index (χ0) is 12.7. The molecule has 0 atom stereocenters. The first kappa shape index (κ1) is 14.5. The molecule has 1 rings (SSSR count). The summed E-state index contributed by atoms with van der Waals surface area (Å²) in [4.78, 5) is 13.8. The van der Waals surface area contributed by atoms with Crippen LogP contribution in [0, 0.1) is 5.41 Å². The molecular formula is C13H27N3O. The molecular weight excluding hydrogens is 214 g/mol. The van der Waals surface area contributed by atoms with E-state index in [1.807, 2.05) is 0 Å². The first-order chi connectivity index (χ1) is 8.06. The lowest BCUT2D eigenvalue weighted by Crippen LogP contribution is -2.44. The molecule has 4 heteroatoms. The Morgan fingerprint density at radius 3 is 2.59 bits per heavy atom. The van der Waals surface area contributed by atoms with Crippen LogP contribution in [0.15, 0.2) is 0 Å². The number of hydrogen-bond acceptors (Lipinski definition) is 3. The van der Waals surface area contributed by atoms with Crippen LogP contribution < -0.4 is 10.6 Å². The standard InChI is InChI=1S/C13H27N3O/c1-4-7-15-12(17)10-14-11-13(2)5-8-16(3)9-6-13/h14H,4-11H2,1-3H3,(H,15,17). The zero-order valence-corrected chi connectivity index (χ0v) is 11.5.